The monoisotopic (exact) mass is 306 g/mol. The minimum Gasteiger partial charge on any atom is -0.445 e. The van der Waals surface area contributed by atoms with E-state index in [1.807, 2.05) is 18.2 Å². The van der Waals surface area contributed by atoms with Crippen LogP contribution in [0.25, 0.3) is 0 Å². The van der Waals surface area contributed by atoms with Crippen LogP contribution in [0.15, 0.2) is 43.0 Å². The molecule has 1 N–H and O–H groups in total. The van der Waals surface area contributed by atoms with Gasteiger partial charge in [0.15, 0.2) is 0 Å². The summed E-state index contributed by atoms with van der Waals surface area (Å²) in [5.74, 6) is -0.228. The molecule has 6 heteroatoms. The molecule has 112 valence electrons. The van der Waals surface area contributed by atoms with Crippen LogP contribution in [0, 0.1) is 0 Å². The Kier molecular flexibility index (Phi) is 5.27. The third-order valence-electron chi connectivity index (χ3n) is 3.18. The van der Waals surface area contributed by atoms with Gasteiger partial charge in [0.1, 0.15) is 12.6 Å². The minimum absolute atomic E-state index is 0.0344. The number of hydrogen-bond donors (Lipinski definition) is 2. The molecule has 21 heavy (non-hydrogen) atoms. The minimum atomic E-state index is -0.565. The van der Waals surface area contributed by atoms with Crippen LogP contribution in [0.5, 0.6) is 0 Å². The lowest BCUT2D eigenvalue weighted by atomic mass is 10.2. The molecule has 1 aromatic rings. The number of thiol groups is 1. The zero-order valence-electron chi connectivity index (χ0n) is 11.6. The number of para-hydroxylation sites is 1. The summed E-state index contributed by atoms with van der Waals surface area (Å²) in [6.07, 6.45) is 1.48. The van der Waals surface area contributed by atoms with Gasteiger partial charge >= 0.3 is 6.09 Å². The van der Waals surface area contributed by atoms with Crippen LogP contribution >= 0.6 is 12.6 Å². The highest BCUT2D eigenvalue weighted by Gasteiger charge is 2.39. The number of nitrogens with zero attached hydrogens (tertiary/aromatic N) is 1. The van der Waals surface area contributed by atoms with Gasteiger partial charge in [-0.3, -0.25) is 9.69 Å². The summed E-state index contributed by atoms with van der Waals surface area (Å²) < 4.78 is 5.01. The first-order valence-corrected chi connectivity index (χ1v) is 7.21. The molecule has 2 amide bonds. The molecular formula is C15H18N2O3S. The van der Waals surface area contributed by atoms with E-state index in [0.717, 1.165) is 0 Å². The first-order valence-electron chi connectivity index (χ1n) is 6.70. The van der Waals surface area contributed by atoms with Crippen LogP contribution < -0.4 is 5.32 Å². The Morgan fingerprint density at radius 2 is 2.14 bits per heavy atom. The summed E-state index contributed by atoms with van der Waals surface area (Å²) in [7, 11) is 0. The Morgan fingerprint density at radius 3 is 2.81 bits per heavy atom. The first-order chi connectivity index (χ1) is 10.1. The van der Waals surface area contributed by atoms with Crippen LogP contribution in [-0.4, -0.2) is 41.3 Å². The summed E-state index contributed by atoms with van der Waals surface area (Å²) in [4.78, 5) is 25.7. The predicted octanol–water partition coefficient (Wildman–Crippen LogP) is 2.32. The average Bonchev–Trinajstić information content (AvgIpc) is 2.88. The number of benzene rings is 1. The second-order valence-corrected chi connectivity index (χ2v) is 5.51. The second kappa shape index (κ2) is 7.17. The fraction of sp³-hybridized carbons (Fsp3) is 0.333. The molecule has 1 aliphatic rings. The SMILES string of the molecule is C=CCOC(=O)N1CC(S)CC1C(=O)Nc1ccccc1. The maximum absolute atomic E-state index is 12.3. The van der Waals surface area contributed by atoms with E-state index in [9.17, 15) is 9.59 Å². The molecule has 0 bridgehead atoms. The van der Waals surface area contributed by atoms with Crippen LogP contribution in [-0.2, 0) is 9.53 Å². The van der Waals surface area contributed by atoms with Gasteiger partial charge in [-0.2, -0.15) is 12.6 Å². The number of rotatable bonds is 4. The lowest BCUT2D eigenvalue weighted by Gasteiger charge is -2.22. The molecule has 0 aliphatic carbocycles. The smallest absolute Gasteiger partial charge is 0.410 e. The summed E-state index contributed by atoms with van der Waals surface area (Å²) in [5, 5.41) is 2.77. The van der Waals surface area contributed by atoms with Gasteiger partial charge in [-0.05, 0) is 18.6 Å². The van der Waals surface area contributed by atoms with Crippen LogP contribution in [0.1, 0.15) is 6.42 Å². The van der Waals surface area contributed by atoms with E-state index in [2.05, 4.69) is 24.5 Å². The van der Waals surface area contributed by atoms with Crippen molar-refractivity contribution in [3.8, 4) is 0 Å². The topological polar surface area (TPSA) is 58.6 Å². The van der Waals surface area contributed by atoms with Crippen molar-refractivity contribution in [3.63, 3.8) is 0 Å². The number of anilines is 1. The Balaban J connectivity index is 2.03. The maximum atomic E-state index is 12.3. The highest BCUT2D eigenvalue weighted by Crippen LogP contribution is 2.24. The second-order valence-electron chi connectivity index (χ2n) is 4.78. The van der Waals surface area contributed by atoms with Gasteiger partial charge in [-0.15, -0.1) is 0 Å². The van der Waals surface area contributed by atoms with Crippen LogP contribution in [0.3, 0.4) is 0 Å². The predicted molar refractivity (Wildman–Crippen MR) is 84.5 cm³/mol. The molecule has 0 saturated carbocycles. The van der Waals surface area contributed by atoms with Crippen molar-refractivity contribution in [1.29, 1.82) is 0 Å². The zero-order valence-corrected chi connectivity index (χ0v) is 12.5. The summed E-state index contributed by atoms with van der Waals surface area (Å²) in [5.41, 5.74) is 0.699. The molecule has 1 heterocycles. The lowest BCUT2D eigenvalue weighted by Crippen LogP contribution is -2.43. The third-order valence-corrected chi connectivity index (χ3v) is 3.56. The van der Waals surface area contributed by atoms with Crippen molar-refractivity contribution in [2.24, 2.45) is 0 Å². The Hall–Kier alpha value is -1.95. The lowest BCUT2D eigenvalue weighted by molar-refractivity contribution is -0.120. The van der Waals surface area contributed by atoms with Gasteiger partial charge < -0.3 is 10.1 Å². The Morgan fingerprint density at radius 1 is 1.43 bits per heavy atom. The number of likely N-dealkylation sites (tertiary alicyclic amines) is 1. The molecule has 1 aromatic carbocycles. The van der Waals surface area contributed by atoms with E-state index in [-0.39, 0.29) is 17.8 Å². The molecule has 2 rings (SSSR count). The fourth-order valence-corrected chi connectivity index (χ4v) is 2.60. The van der Waals surface area contributed by atoms with Crippen molar-refractivity contribution in [3.05, 3.63) is 43.0 Å². The largest absolute Gasteiger partial charge is 0.445 e. The van der Waals surface area contributed by atoms with Gasteiger partial charge in [0.05, 0.1) is 0 Å². The highest BCUT2D eigenvalue weighted by atomic mass is 32.1. The van der Waals surface area contributed by atoms with E-state index in [4.69, 9.17) is 4.74 Å². The fourth-order valence-electron chi connectivity index (χ4n) is 2.22. The van der Waals surface area contributed by atoms with Crippen molar-refractivity contribution >= 4 is 30.3 Å². The van der Waals surface area contributed by atoms with Crippen LogP contribution in [0.2, 0.25) is 0 Å². The van der Waals surface area contributed by atoms with Gasteiger partial charge in [0.25, 0.3) is 0 Å². The number of nitrogens with one attached hydrogen (secondary N) is 1. The molecule has 1 aliphatic heterocycles. The van der Waals surface area contributed by atoms with E-state index < -0.39 is 12.1 Å². The van der Waals surface area contributed by atoms with E-state index in [1.165, 1.54) is 11.0 Å². The Labute approximate surface area is 129 Å². The molecule has 2 atom stereocenters. The summed E-state index contributed by atoms with van der Waals surface area (Å²) >= 11 is 4.37. The van der Waals surface area contributed by atoms with E-state index in [1.54, 1.807) is 12.1 Å². The first kappa shape index (κ1) is 15.4. The molecule has 1 fully saturated rings. The number of carbonyl (C=O) groups excluding carboxylic acids is 2. The summed E-state index contributed by atoms with van der Waals surface area (Å²) in [6.45, 7) is 4.01. The normalized spacial score (nSPS) is 20.9. The van der Waals surface area contributed by atoms with Gasteiger partial charge in [-0.25, -0.2) is 4.79 Å². The average molecular weight is 306 g/mol. The number of amides is 2. The van der Waals surface area contributed by atoms with E-state index in [0.29, 0.717) is 18.7 Å². The number of carbonyl (C=O) groups is 2. The van der Waals surface area contributed by atoms with Crippen molar-refractivity contribution in [2.75, 3.05) is 18.5 Å². The molecule has 2 unspecified atom stereocenters. The molecule has 5 nitrogen and oxygen atoms in total. The standard InChI is InChI=1S/C15H18N2O3S/c1-2-8-20-15(19)17-10-12(21)9-13(17)14(18)16-11-6-4-3-5-7-11/h2-7,12-13,21H,1,8-10H2,(H,16,18). The van der Waals surface area contributed by atoms with Crippen molar-refractivity contribution in [1.82, 2.24) is 4.90 Å². The van der Waals surface area contributed by atoms with Gasteiger partial charge in [0, 0.05) is 17.5 Å². The molecule has 1 saturated heterocycles. The molecule has 0 spiro atoms. The van der Waals surface area contributed by atoms with Gasteiger partial charge in [-0.1, -0.05) is 30.9 Å². The maximum Gasteiger partial charge on any atom is 0.410 e. The molecular weight excluding hydrogens is 288 g/mol. The van der Waals surface area contributed by atoms with Gasteiger partial charge in [0.2, 0.25) is 5.91 Å². The van der Waals surface area contributed by atoms with Crippen LogP contribution in [0.4, 0.5) is 10.5 Å². The number of ether oxygens (including phenoxy) is 1. The van der Waals surface area contributed by atoms with E-state index >= 15 is 0 Å². The molecule has 0 radical (unpaired) electrons. The Bertz CT molecular complexity index is 521. The summed E-state index contributed by atoms with van der Waals surface area (Å²) in [6, 6.07) is 8.57. The zero-order chi connectivity index (χ0) is 15.2. The number of hydrogen-bond acceptors (Lipinski definition) is 4. The molecule has 0 aromatic heterocycles. The van der Waals surface area contributed by atoms with Crippen molar-refractivity contribution < 1.29 is 14.3 Å². The third kappa shape index (κ3) is 4.01. The quantitative estimate of drug-likeness (QED) is 0.663. The van der Waals surface area contributed by atoms with Crippen molar-refractivity contribution in [2.45, 2.75) is 17.7 Å². The highest BCUT2D eigenvalue weighted by molar-refractivity contribution is 7.81.